The number of oxazole rings is 1. The van der Waals surface area contributed by atoms with Gasteiger partial charge in [-0.05, 0) is 48.5 Å². The Balaban J connectivity index is 1.81. The van der Waals surface area contributed by atoms with Crippen LogP contribution in [-0.4, -0.2) is 21.8 Å². The average Bonchev–Trinajstić information content (AvgIpc) is 3.22. The Bertz CT molecular complexity index is 1380. The zero-order chi connectivity index (χ0) is 23.5. The summed E-state index contributed by atoms with van der Waals surface area (Å²) in [7, 11) is -2.48. The molecule has 1 heterocycles. The maximum absolute atomic E-state index is 12.9. The summed E-state index contributed by atoms with van der Waals surface area (Å²) in [6.07, 6.45) is 0.226. The maximum atomic E-state index is 12.9. The molecule has 0 fully saturated rings. The lowest BCUT2D eigenvalue weighted by Crippen LogP contribution is -2.39. The van der Waals surface area contributed by atoms with E-state index in [1.807, 2.05) is 54.6 Å². The van der Waals surface area contributed by atoms with Gasteiger partial charge in [0, 0.05) is 0 Å². The molecular weight excluding hydrogens is 445 g/mol. The molecule has 5 aromatic rings. The standard InChI is InChI=1S/C28H22NO4P/c30-27(31)25(29-24-18-10-11-19-26(24)33-28(29)32)20-34(21-12-4-1-5-13-21,22-14-6-2-7-15-22)23-16-8-3-9-17-23/h1-19,25H,20H2/p+1. The lowest BCUT2D eigenvalue weighted by molar-refractivity contribution is -0.140. The zero-order valence-electron chi connectivity index (χ0n) is 18.3. The molecule has 0 amide bonds. The van der Waals surface area contributed by atoms with Gasteiger partial charge in [-0.3, -0.25) is 4.57 Å². The molecule has 168 valence electrons. The van der Waals surface area contributed by atoms with Crippen molar-refractivity contribution in [2.24, 2.45) is 0 Å². The van der Waals surface area contributed by atoms with Gasteiger partial charge in [0.15, 0.2) is 11.6 Å². The van der Waals surface area contributed by atoms with E-state index >= 15 is 0 Å². The van der Waals surface area contributed by atoms with E-state index in [0.29, 0.717) is 11.1 Å². The number of hydrogen-bond acceptors (Lipinski definition) is 3. The Labute approximate surface area is 197 Å². The molecule has 1 aromatic heterocycles. The van der Waals surface area contributed by atoms with Crippen LogP contribution in [0.25, 0.3) is 11.1 Å². The molecular formula is C28H23NO4P+. The topological polar surface area (TPSA) is 72.4 Å². The highest BCUT2D eigenvalue weighted by atomic mass is 31.2. The SMILES string of the molecule is O=C(O)C(C[P+](c1ccccc1)(c1ccccc1)c1ccccc1)n1c(=O)oc2ccccc21. The Morgan fingerprint density at radius 2 is 1.18 bits per heavy atom. The molecule has 0 aliphatic carbocycles. The van der Waals surface area contributed by atoms with Crippen LogP contribution < -0.4 is 21.7 Å². The fraction of sp³-hybridized carbons (Fsp3) is 0.0714. The van der Waals surface area contributed by atoms with E-state index in [-0.39, 0.29) is 6.16 Å². The van der Waals surface area contributed by atoms with Crippen molar-refractivity contribution in [1.29, 1.82) is 0 Å². The first kappa shape index (κ1) is 21.9. The van der Waals surface area contributed by atoms with Gasteiger partial charge in [-0.1, -0.05) is 66.7 Å². The number of carbonyl (C=O) groups is 1. The van der Waals surface area contributed by atoms with Crippen LogP contribution in [0.1, 0.15) is 6.04 Å². The van der Waals surface area contributed by atoms with Crippen LogP contribution in [0, 0.1) is 0 Å². The molecule has 1 unspecified atom stereocenters. The Hall–Kier alpha value is -3.95. The lowest BCUT2D eigenvalue weighted by atomic mass is 10.3. The van der Waals surface area contributed by atoms with Crippen molar-refractivity contribution >= 4 is 40.2 Å². The summed E-state index contributed by atoms with van der Waals surface area (Å²) in [5.74, 6) is -1.73. The van der Waals surface area contributed by atoms with Crippen LogP contribution >= 0.6 is 7.26 Å². The molecule has 5 rings (SSSR count). The second-order valence-electron chi connectivity index (χ2n) is 8.06. The number of aliphatic carboxylic acids is 1. The lowest BCUT2D eigenvalue weighted by Gasteiger charge is -2.30. The monoisotopic (exact) mass is 468 g/mol. The molecule has 5 nitrogen and oxygen atoms in total. The van der Waals surface area contributed by atoms with E-state index < -0.39 is 25.0 Å². The third kappa shape index (κ3) is 3.74. The van der Waals surface area contributed by atoms with E-state index in [4.69, 9.17) is 4.42 Å². The van der Waals surface area contributed by atoms with Crippen molar-refractivity contribution in [1.82, 2.24) is 4.57 Å². The summed E-state index contributed by atoms with van der Waals surface area (Å²) in [4.78, 5) is 25.7. The minimum Gasteiger partial charge on any atom is -0.480 e. The van der Waals surface area contributed by atoms with Gasteiger partial charge in [-0.2, -0.15) is 0 Å². The minimum absolute atomic E-state index is 0.226. The average molecular weight is 468 g/mol. The molecule has 0 bridgehead atoms. The smallest absolute Gasteiger partial charge is 0.420 e. The van der Waals surface area contributed by atoms with Gasteiger partial charge in [-0.25, -0.2) is 9.59 Å². The van der Waals surface area contributed by atoms with Crippen molar-refractivity contribution in [3.05, 3.63) is 126 Å². The van der Waals surface area contributed by atoms with Gasteiger partial charge in [0.25, 0.3) is 0 Å². The van der Waals surface area contributed by atoms with Crippen LogP contribution in [0.15, 0.2) is 124 Å². The normalized spacial score (nSPS) is 12.5. The van der Waals surface area contributed by atoms with Gasteiger partial charge >= 0.3 is 11.7 Å². The van der Waals surface area contributed by atoms with E-state index in [1.165, 1.54) is 4.57 Å². The van der Waals surface area contributed by atoms with Crippen LogP contribution in [0.4, 0.5) is 0 Å². The highest BCUT2D eigenvalue weighted by molar-refractivity contribution is 7.95. The highest BCUT2D eigenvalue weighted by Crippen LogP contribution is 2.57. The Morgan fingerprint density at radius 1 is 0.735 bits per heavy atom. The first-order chi connectivity index (χ1) is 16.6. The van der Waals surface area contributed by atoms with Crippen molar-refractivity contribution in [2.45, 2.75) is 6.04 Å². The third-order valence-electron chi connectivity index (χ3n) is 6.15. The molecule has 0 radical (unpaired) electrons. The van der Waals surface area contributed by atoms with Crippen molar-refractivity contribution < 1.29 is 14.3 Å². The molecule has 0 saturated heterocycles. The van der Waals surface area contributed by atoms with Gasteiger partial charge in [0.2, 0.25) is 0 Å². The van der Waals surface area contributed by atoms with Gasteiger partial charge in [0.05, 0.1) is 5.52 Å². The summed E-state index contributed by atoms with van der Waals surface area (Å²) >= 11 is 0. The van der Waals surface area contributed by atoms with Crippen LogP contribution in [0.3, 0.4) is 0 Å². The number of rotatable bonds is 7. The quantitative estimate of drug-likeness (QED) is 0.363. The van der Waals surface area contributed by atoms with Crippen LogP contribution in [-0.2, 0) is 4.79 Å². The molecule has 0 aliphatic heterocycles. The Kier molecular flexibility index (Phi) is 5.87. The van der Waals surface area contributed by atoms with Crippen molar-refractivity contribution in [3.63, 3.8) is 0 Å². The number of carboxylic acid groups (broad SMARTS) is 1. The predicted molar refractivity (Wildman–Crippen MR) is 137 cm³/mol. The Morgan fingerprint density at radius 3 is 1.65 bits per heavy atom. The largest absolute Gasteiger partial charge is 0.480 e. The van der Waals surface area contributed by atoms with Crippen molar-refractivity contribution in [2.75, 3.05) is 6.16 Å². The summed E-state index contributed by atoms with van der Waals surface area (Å²) in [5, 5.41) is 13.6. The molecule has 0 spiro atoms. The van der Waals surface area contributed by atoms with Gasteiger partial charge in [-0.15, -0.1) is 0 Å². The molecule has 0 saturated carbocycles. The second-order valence-corrected chi connectivity index (χ2v) is 11.6. The number of fused-ring (bicyclic) bond motifs is 1. The number of hydrogen-bond donors (Lipinski definition) is 1. The number of aromatic nitrogens is 1. The molecule has 1 N–H and O–H groups in total. The van der Waals surface area contributed by atoms with E-state index in [1.54, 1.807) is 24.3 Å². The fourth-order valence-corrected chi connectivity index (χ4v) is 9.03. The number of para-hydroxylation sites is 2. The molecule has 6 heteroatoms. The summed E-state index contributed by atoms with van der Waals surface area (Å²) in [6.45, 7) is 0. The van der Waals surface area contributed by atoms with E-state index in [0.717, 1.165) is 15.9 Å². The summed E-state index contributed by atoms with van der Waals surface area (Å²) < 4.78 is 6.71. The molecule has 0 aliphatic rings. The van der Waals surface area contributed by atoms with Gasteiger partial charge in [0.1, 0.15) is 29.3 Å². The maximum Gasteiger partial charge on any atom is 0.420 e. The van der Waals surface area contributed by atoms with E-state index in [9.17, 15) is 14.7 Å². The molecule has 34 heavy (non-hydrogen) atoms. The first-order valence-corrected chi connectivity index (χ1v) is 13.0. The van der Waals surface area contributed by atoms with Crippen molar-refractivity contribution in [3.8, 4) is 0 Å². The highest BCUT2D eigenvalue weighted by Gasteiger charge is 2.49. The molecule has 4 aromatic carbocycles. The summed E-state index contributed by atoms with van der Waals surface area (Å²) in [6, 6.07) is 35.9. The number of benzene rings is 4. The number of carboxylic acids is 1. The zero-order valence-corrected chi connectivity index (χ0v) is 19.2. The minimum atomic E-state index is -2.48. The third-order valence-corrected chi connectivity index (χ3v) is 10.6. The number of nitrogens with zero attached hydrogens (tertiary/aromatic N) is 1. The summed E-state index contributed by atoms with van der Waals surface area (Å²) in [5.41, 5.74) is 0.856. The van der Waals surface area contributed by atoms with Crippen LogP contribution in [0.5, 0.6) is 0 Å². The molecule has 1 atom stereocenters. The second kappa shape index (κ2) is 9.12. The van der Waals surface area contributed by atoms with E-state index in [2.05, 4.69) is 36.4 Å². The van der Waals surface area contributed by atoms with Gasteiger partial charge < -0.3 is 9.52 Å². The predicted octanol–water partition coefficient (Wildman–Crippen LogP) is 4.21. The van der Waals surface area contributed by atoms with Crippen LogP contribution in [0.2, 0.25) is 0 Å². The fourth-order valence-electron chi connectivity index (χ4n) is 4.62. The first-order valence-electron chi connectivity index (χ1n) is 11.0.